The zero-order valence-electron chi connectivity index (χ0n) is 15.0. The van der Waals surface area contributed by atoms with Crippen LogP contribution < -0.4 is 4.90 Å². The maximum Gasteiger partial charge on any atom is 0.151 e. The molecule has 0 spiro atoms. The van der Waals surface area contributed by atoms with Crippen molar-refractivity contribution in [3.05, 3.63) is 42.2 Å². The summed E-state index contributed by atoms with van der Waals surface area (Å²) >= 11 is 0. The molecule has 0 bridgehead atoms. The Kier molecular flexibility index (Phi) is 5.41. The van der Waals surface area contributed by atoms with Crippen LogP contribution in [0.3, 0.4) is 0 Å². The van der Waals surface area contributed by atoms with Crippen molar-refractivity contribution < 1.29 is 9.13 Å². The number of rotatable bonds is 4. The van der Waals surface area contributed by atoms with Crippen molar-refractivity contribution in [1.29, 1.82) is 0 Å². The van der Waals surface area contributed by atoms with E-state index in [0.29, 0.717) is 5.92 Å². The third-order valence-electron chi connectivity index (χ3n) is 5.25. The molecule has 4 rings (SSSR count). The van der Waals surface area contributed by atoms with Gasteiger partial charge in [0.05, 0.1) is 18.9 Å². The molecule has 2 aliphatic heterocycles. The van der Waals surface area contributed by atoms with Gasteiger partial charge in [-0.15, -0.1) is 10.2 Å². The summed E-state index contributed by atoms with van der Waals surface area (Å²) in [6, 6.07) is 10.4. The average molecular weight is 356 g/mol. The van der Waals surface area contributed by atoms with Crippen LogP contribution in [0, 0.1) is 11.7 Å². The van der Waals surface area contributed by atoms with Crippen molar-refractivity contribution in [2.24, 2.45) is 5.92 Å². The number of aromatic nitrogens is 2. The number of piperidine rings is 1. The number of ether oxygens (including phenoxy) is 1. The lowest BCUT2D eigenvalue weighted by Crippen LogP contribution is -2.44. The molecule has 0 radical (unpaired) electrons. The van der Waals surface area contributed by atoms with E-state index in [2.05, 4.69) is 20.0 Å². The quantitative estimate of drug-likeness (QED) is 0.843. The molecular weight excluding hydrogens is 331 g/mol. The average Bonchev–Trinajstić information content (AvgIpc) is 2.70. The maximum atomic E-state index is 13.1. The second-order valence-electron chi connectivity index (χ2n) is 7.15. The van der Waals surface area contributed by atoms with Gasteiger partial charge in [-0.05, 0) is 55.2 Å². The molecule has 1 unspecified atom stereocenters. The van der Waals surface area contributed by atoms with Crippen molar-refractivity contribution in [3.8, 4) is 11.3 Å². The van der Waals surface area contributed by atoms with E-state index >= 15 is 0 Å². The first-order chi connectivity index (χ1) is 12.8. The number of hydrogen-bond acceptors (Lipinski definition) is 5. The SMILES string of the molecule is Fc1ccc(-c2ccc(N3CCCC(CN4CCOCC4)C3)nn2)cc1. The van der Waals surface area contributed by atoms with Gasteiger partial charge in [0.15, 0.2) is 5.82 Å². The Hall–Kier alpha value is -2.05. The largest absolute Gasteiger partial charge is 0.379 e. The van der Waals surface area contributed by atoms with Gasteiger partial charge in [0.2, 0.25) is 0 Å². The Bertz CT molecular complexity index is 701. The van der Waals surface area contributed by atoms with Gasteiger partial charge < -0.3 is 9.64 Å². The van der Waals surface area contributed by atoms with Crippen LogP contribution in [0.2, 0.25) is 0 Å². The van der Waals surface area contributed by atoms with Crippen LogP contribution in [-0.2, 0) is 4.74 Å². The van der Waals surface area contributed by atoms with Crippen LogP contribution in [0.4, 0.5) is 10.2 Å². The molecule has 2 aliphatic rings. The van der Waals surface area contributed by atoms with Crippen LogP contribution >= 0.6 is 0 Å². The monoisotopic (exact) mass is 356 g/mol. The Morgan fingerprint density at radius 2 is 1.81 bits per heavy atom. The first-order valence-corrected chi connectivity index (χ1v) is 9.43. The van der Waals surface area contributed by atoms with Crippen LogP contribution in [0.1, 0.15) is 12.8 Å². The second-order valence-corrected chi connectivity index (χ2v) is 7.15. The molecular formula is C20H25FN4O. The number of anilines is 1. The number of morpholine rings is 1. The van der Waals surface area contributed by atoms with Crippen LogP contribution in [-0.4, -0.2) is 61.0 Å². The highest BCUT2D eigenvalue weighted by Crippen LogP contribution is 2.24. The van der Waals surface area contributed by atoms with E-state index in [1.165, 1.54) is 25.0 Å². The van der Waals surface area contributed by atoms with Gasteiger partial charge in [0, 0.05) is 38.3 Å². The van der Waals surface area contributed by atoms with Crippen LogP contribution in [0.5, 0.6) is 0 Å². The zero-order valence-corrected chi connectivity index (χ0v) is 15.0. The Balaban J connectivity index is 1.39. The third-order valence-corrected chi connectivity index (χ3v) is 5.25. The minimum absolute atomic E-state index is 0.238. The number of halogens is 1. The molecule has 5 nitrogen and oxygen atoms in total. The van der Waals surface area contributed by atoms with Crippen molar-refractivity contribution in [2.75, 3.05) is 50.8 Å². The van der Waals surface area contributed by atoms with Gasteiger partial charge in [-0.1, -0.05) is 0 Å². The first kappa shape index (κ1) is 17.4. The van der Waals surface area contributed by atoms with Crippen molar-refractivity contribution in [3.63, 3.8) is 0 Å². The van der Waals surface area contributed by atoms with Gasteiger partial charge in [0.25, 0.3) is 0 Å². The van der Waals surface area contributed by atoms with E-state index in [1.54, 1.807) is 12.1 Å². The lowest BCUT2D eigenvalue weighted by Gasteiger charge is -2.37. The predicted octanol–water partition coefficient (Wildman–Crippen LogP) is 2.83. The van der Waals surface area contributed by atoms with E-state index in [4.69, 9.17) is 4.74 Å². The number of benzene rings is 1. The van der Waals surface area contributed by atoms with Gasteiger partial charge in [-0.25, -0.2) is 4.39 Å². The number of hydrogen-bond donors (Lipinski definition) is 0. The maximum absolute atomic E-state index is 13.1. The highest BCUT2D eigenvalue weighted by Gasteiger charge is 2.24. The highest BCUT2D eigenvalue weighted by atomic mass is 19.1. The van der Waals surface area contributed by atoms with Crippen LogP contribution in [0.25, 0.3) is 11.3 Å². The molecule has 1 aromatic carbocycles. The second kappa shape index (κ2) is 8.10. The van der Waals surface area contributed by atoms with E-state index in [1.807, 2.05) is 12.1 Å². The molecule has 6 heteroatoms. The molecule has 1 aromatic heterocycles. The van der Waals surface area contributed by atoms with Crippen molar-refractivity contribution in [2.45, 2.75) is 12.8 Å². The smallest absolute Gasteiger partial charge is 0.151 e. The standard InChI is InChI=1S/C20H25FN4O/c21-18-5-3-17(4-6-18)19-7-8-20(23-22-19)25-9-1-2-16(15-25)14-24-10-12-26-13-11-24/h3-8,16H,1-2,9-15H2. The summed E-state index contributed by atoms with van der Waals surface area (Å²) in [7, 11) is 0. The van der Waals surface area contributed by atoms with E-state index < -0.39 is 0 Å². The fourth-order valence-electron chi connectivity index (χ4n) is 3.84. The van der Waals surface area contributed by atoms with Crippen molar-refractivity contribution >= 4 is 5.82 Å². The predicted molar refractivity (Wildman–Crippen MR) is 99.6 cm³/mol. The molecule has 0 amide bonds. The molecule has 2 fully saturated rings. The molecule has 1 atom stereocenters. The summed E-state index contributed by atoms with van der Waals surface area (Å²) in [5.41, 5.74) is 1.66. The lowest BCUT2D eigenvalue weighted by atomic mass is 9.97. The lowest BCUT2D eigenvalue weighted by molar-refractivity contribution is 0.0296. The minimum atomic E-state index is -0.238. The summed E-state index contributed by atoms with van der Waals surface area (Å²) in [5, 5.41) is 8.78. The molecule has 0 aliphatic carbocycles. The van der Waals surface area contributed by atoms with Crippen LogP contribution in [0.15, 0.2) is 36.4 Å². The van der Waals surface area contributed by atoms with Gasteiger partial charge in [0.1, 0.15) is 5.82 Å². The Labute approximate surface area is 153 Å². The molecule has 3 heterocycles. The highest BCUT2D eigenvalue weighted by molar-refractivity contribution is 5.59. The fourth-order valence-corrected chi connectivity index (χ4v) is 3.84. The Morgan fingerprint density at radius 3 is 2.54 bits per heavy atom. The molecule has 2 saturated heterocycles. The summed E-state index contributed by atoms with van der Waals surface area (Å²) < 4.78 is 18.5. The normalized spacial score (nSPS) is 21.7. The van der Waals surface area contributed by atoms with E-state index in [-0.39, 0.29) is 5.82 Å². The molecule has 2 aromatic rings. The summed E-state index contributed by atoms with van der Waals surface area (Å²) in [4.78, 5) is 4.86. The van der Waals surface area contributed by atoms with E-state index in [0.717, 1.165) is 63.0 Å². The van der Waals surface area contributed by atoms with Gasteiger partial charge in [-0.3, -0.25) is 4.90 Å². The van der Waals surface area contributed by atoms with Crippen molar-refractivity contribution in [1.82, 2.24) is 15.1 Å². The topological polar surface area (TPSA) is 41.5 Å². The van der Waals surface area contributed by atoms with Gasteiger partial charge in [-0.2, -0.15) is 0 Å². The summed E-state index contributed by atoms with van der Waals surface area (Å²) in [5.74, 6) is 1.36. The van der Waals surface area contributed by atoms with E-state index in [9.17, 15) is 4.39 Å². The first-order valence-electron chi connectivity index (χ1n) is 9.43. The number of nitrogens with zero attached hydrogens (tertiary/aromatic N) is 4. The molecule has 0 saturated carbocycles. The van der Waals surface area contributed by atoms with Gasteiger partial charge >= 0.3 is 0 Å². The minimum Gasteiger partial charge on any atom is -0.379 e. The molecule has 0 N–H and O–H groups in total. The summed E-state index contributed by atoms with van der Waals surface area (Å²) in [6.45, 7) is 7.00. The summed E-state index contributed by atoms with van der Waals surface area (Å²) in [6.07, 6.45) is 2.46. The third kappa shape index (κ3) is 4.19. The molecule has 138 valence electrons. The molecule has 26 heavy (non-hydrogen) atoms. The fraction of sp³-hybridized carbons (Fsp3) is 0.500. The Morgan fingerprint density at radius 1 is 1.00 bits per heavy atom. The zero-order chi connectivity index (χ0) is 17.8.